The normalized spacial score (nSPS) is 23.9. The summed E-state index contributed by atoms with van der Waals surface area (Å²) in [6, 6.07) is 17.6. The van der Waals surface area contributed by atoms with Crippen LogP contribution in [0.4, 0.5) is 9.80 Å². The predicted octanol–water partition coefficient (Wildman–Crippen LogP) is 7.31. The number of ether oxygens (including phenoxy) is 1. The molecule has 9 heteroatoms. The van der Waals surface area contributed by atoms with E-state index in [0.29, 0.717) is 25.2 Å². The van der Waals surface area contributed by atoms with Gasteiger partial charge in [0.1, 0.15) is 0 Å². The molecule has 1 fully saturated rings. The van der Waals surface area contributed by atoms with Gasteiger partial charge in [-0.2, -0.15) is 0 Å². The van der Waals surface area contributed by atoms with Crippen LogP contribution in [0.2, 0.25) is 18.6 Å². The molecule has 0 aliphatic carbocycles. The Kier molecular flexibility index (Phi) is 9.91. The first-order valence-electron chi connectivity index (χ1n) is 16.1. The fraction of sp³-hybridized carbons (Fsp3) is 0.472. The summed E-state index contributed by atoms with van der Waals surface area (Å²) in [6.07, 6.45) is 8.15. The van der Waals surface area contributed by atoms with Crippen LogP contribution in [-0.4, -0.2) is 53.7 Å². The van der Waals surface area contributed by atoms with Gasteiger partial charge in [0.15, 0.2) is 5.60 Å². The minimum atomic E-state index is -3.27. The third kappa shape index (κ3) is 6.62. The van der Waals surface area contributed by atoms with Crippen molar-refractivity contribution in [2.75, 3.05) is 18.1 Å². The number of carbonyl (C=O) groups excluding carboxylic acids is 1. The minimum absolute atomic E-state index is 0.0830. The highest BCUT2D eigenvalue weighted by Gasteiger charge is 2.66. The van der Waals surface area contributed by atoms with Gasteiger partial charge in [-0.25, -0.2) is 0 Å². The molecule has 45 heavy (non-hydrogen) atoms. The lowest BCUT2D eigenvalue weighted by atomic mass is 9.82. The van der Waals surface area contributed by atoms with Crippen molar-refractivity contribution >= 4 is 20.0 Å². The van der Waals surface area contributed by atoms with Crippen LogP contribution in [0, 0.1) is 5.92 Å². The van der Waals surface area contributed by atoms with E-state index in [1.807, 2.05) is 72.6 Å². The number of benzene rings is 2. The van der Waals surface area contributed by atoms with Crippen molar-refractivity contribution in [1.29, 1.82) is 0 Å². The SMILES string of the molecule is CC(C)=CCC/C(C)=C/CN1C(=O)[C@]2(O[C@H](CCn3cc(C(CO)c4ccccc4)nn3)[C@@H]([Si](C)(C)F)[C@@H]2C)c2ccccc21. The standard InChI is InChI=1S/C36H47FN4O3Si/c1-25(2)13-12-14-26(3)19-22-41-32-18-11-10-17-30(32)36(35(41)43)27(4)34(45(5,6)37)33(44-36)20-21-40-23-31(38-39-40)29(24-42)28-15-8-7-9-16-28/h7-11,13,15-19,23,27,29,33-34,42H,12,14,20-22,24H2,1-6H3/b26-19+/t27-,29?,33+,34-,36+/m0/s1. The highest BCUT2D eigenvalue weighted by atomic mass is 28.4. The van der Waals surface area contributed by atoms with E-state index in [0.717, 1.165) is 29.7 Å². The van der Waals surface area contributed by atoms with Crippen molar-refractivity contribution < 1.29 is 18.7 Å². The molecule has 7 nitrogen and oxygen atoms in total. The van der Waals surface area contributed by atoms with E-state index in [1.54, 1.807) is 17.8 Å². The summed E-state index contributed by atoms with van der Waals surface area (Å²) >= 11 is 0. The van der Waals surface area contributed by atoms with Crippen molar-refractivity contribution in [3.05, 3.63) is 101 Å². The largest absolute Gasteiger partial charge is 0.395 e. The number of carbonyl (C=O) groups is 1. The number of aliphatic hydroxyl groups excluding tert-OH is 1. The van der Waals surface area contributed by atoms with Crippen molar-refractivity contribution in [2.45, 2.75) is 89.8 Å². The molecule has 1 amide bonds. The number of amides is 1. The highest BCUT2D eigenvalue weighted by Crippen LogP contribution is 2.60. The van der Waals surface area contributed by atoms with Crippen LogP contribution in [0.3, 0.4) is 0 Å². The van der Waals surface area contributed by atoms with Gasteiger partial charge in [-0.05, 0) is 64.8 Å². The summed E-state index contributed by atoms with van der Waals surface area (Å²) in [7, 11) is -3.27. The van der Waals surface area contributed by atoms with Gasteiger partial charge in [0.25, 0.3) is 5.91 Å². The number of halogens is 1. The first-order chi connectivity index (χ1) is 21.5. The van der Waals surface area contributed by atoms with Gasteiger partial charge in [-0.15, -0.1) is 5.10 Å². The van der Waals surface area contributed by atoms with Gasteiger partial charge >= 0.3 is 0 Å². The van der Waals surface area contributed by atoms with Crippen LogP contribution in [0.25, 0.3) is 0 Å². The van der Waals surface area contributed by atoms with Crippen molar-refractivity contribution in [3.63, 3.8) is 0 Å². The fourth-order valence-corrected chi connectivity index (χ4v) is 9.83. The van der Waals surface area contributed by atoms with Crippen LogP contribution in [0.15, 0.2) is 84.1 Å². The summed E-state index contributed by atoms with van der Waals surface area (Å²) in [6.45, 7) is 12.6. The van der Waals surface area contributed by atoms with Gasteiger partial charge in [0.05, 0.1) is 30.0 Å². The lowest BCUT2D eigenvalue weighted by molar-refractivity contribution is -0.145. The third-order valence-corrected chi connectivity index (χ3v) is 12.0. The molecule has 5 rings (SSSR count). The molecule has 1 unspecified atom stereocenters. The maximum atomic E-state index is 16.2. The van der Waals surface area contributed by atoms with E-state index in [9.17, 15) is 9.90 Å². The van der Waals surface area contributed by atoms with Crippen LogP contribution in [-0.2, 0) is 21.7 Å². The number of aliphatic hydroxyl groups is 1. The molecule has 240 valence electrons. The summed E-state index contributed by atoms with van der Waals surface area (Å²) in [5.74, 6) is -0.717. The third-order valence-electron chi connectivity index (χ3n) is 9.52. The molecule has 2 aromatic carbocycles. The van der Waals surface area contributed by atoms with Gasteiger partial charge in [0, 0.05) is 36.3 Å². The zero-order valence-corrected chi connectivity index (χ0v) is 28.4. The average Bonchev–Trinajstić information content (AvgIpc) is 3.65. The second-order valence-electron chi connectivity index (χ2n) is 13.4. The molecule has 1 N–H and O–H groups in total. The number of anilines is 1. The summed E-state index contributed by atoms with van der Waals surface area (Å²) in [5.41, 5.74) is 4.25. The van der Waals surface area contributed by atoms with Gasteiger partial charge in [0.2, 0.25) is 8.41 Å². The van der Waals surface area contributed by atoms with Crippen molar-refractivity contribution in [1.82, 2.24) is 15.0 Å². The Morgan fingerprint density at radius 2 is 1.82 bits per heavy atom. The van der Waals surface area contributed by atoms with Crippen molar-refractivity contribution in [2.24, 2.45) is 5.92 Å². The molecule has 2 aliphatic rings. The van der Waals surface area contributed by atoms with E-state index >= 15 is 4.11 Å². The van der Waals surface area contributed by atoms with E-state index in [2.05, 4.69) is 43.2 Å². The summed E-state index contributed by atoms with van der Waals surface area (Å²) in [5, 5.41) is 18.8. The second-order valence-corrected chi connectivity index (χ2v) is 17.2. The molecule has 2 aliphatic heterocycles. The molecule has 1 saturated heterocycles. The molecule has 3 aromatic rings. The number of allylic oxidation sites excluding steroid dienone is 3. The Bertz CT molecular complexity index is 1540. The Balaban J connectivity index is 1.38. The highest BCUT2D eigenvalue weighted by molar-refractivity contribution is 6.72. The topological polar surface area (TPSA) is 80.5 Å². The summed E-state index contributed by atoms with van der Waals surface area (Å²) < 4.78 is 24.8. The average molecular weight is 631 g/mol. The molecule has 0 bridgehead atoms. The number of hydrogen-bond donors (Lipinski definition) is 1. The number of fused-ring (bicyclic) bond motifs is 2. The first-order valence-corrected chi connectivity index (χ1v) is 19.1. The molecule has 5 atom stereocenters. The Morgan fingerprint density at radius 3 is 2.51 bits per heavy atom. The quantitative estimate of drug-likeness (QED) is 0.129. The smallest absolute Gasteiger partial charge is 0.264 e. The molecule has 0 saturated carbocycles. The Labute approximate surface area is 268 Å². The number of hydrogen-bond acceptors (Lipinski definition) is 5. The number of nitrogens with zero attached hydrogens (tertiary/aromatic N) is 4. The van der Waals surface area contributed by atoms with Crippen LogP contribution in [0.1, 0.15) is 69.7 Å². The molecule has 3 heterocycles. The Hall–Kier alpha value is -3.40. The molecule has 1 spiro atoms. The lowest BCUT2D eigenvalue weighted by Gasteiger charge is -2.31. The number of aromatic nitrogens is 3. The van der Waals surface area contributed by atoms with E-state index in [4.69, 9.17) is 4.74 Å². The summed E-state index contributed by atoms with van der Waals surface area (Å²) in [4.78, 5) is 16.3. The van der Waals surface area contributed by atoms with Gasteiger partial charge in [-0.3, -0.25) is 9.48 Å². The first kappa shape index (κ1) is 33.0. The van der Waals surface area contributed by atoms with Crippen LogP contribution >= 0.6 is 0 Å². The second kappa shape index (κ2) is 13.5. The zero-order chi connectivity index (χ0) is 32.4. The predicted molar refractivity (Wildman–Crippen MR) is 179 cm³/mol. The van der Waals surface area contributed by atoms with Crippen molar-refractivity contribution in [3.8, 4) is 0 Å². The maximum Gasteiger partial charge on any atom is 0.264 e. The molecular formula is C36H47FN4O3Si. The molecular weight excluding hydrogens is 584 g/mol. The Morgan fingerprint density at radius 1 is 1.11 bits per heavy atom. The molecule has 0 radical (unpaired) electrons. The van der Waals surface area contributed by atoms with Crippen LogP contribution in [0.5, 0.6) is 0 Å². The molecule has 1 aromatic heterocycles. The van der Waals surface area contributed by atoms with E-state index in [1.165, 1.54) is 11.1 Å². The maximum absolute atomic E-state index is 16.2. The number of rotatable bonds is 12. The lowest BCUT2D eigenvalue weighted by Crippen LogP contribution is -2.45. The minimum Gasteiger partial charge on any atom is -0.395 e. The van der Waals surface area contributed by atoms with E-state index in [-0.39, 0.29) is 29.9 Å². The van der Waals surface area contributed by atoms with Gasteiger partial charge < -0.3 is 18.9 Å². The van der Waals surface area contributed by atoms with Crippen LogP contribution < -0.4 is 4.90 Å². The number of para-hydroxylation sites is 1. The number of aryl methyl sites for hydroxylation is 1. The monoisotopic (exact) mass is 630 g/mol. The fourth-order valence-electron chi connectivity index (χ4n) is 7.29. The van der Waals surface area contributed by atoms with Gasteiger partial charge in [-0.1, -0.05) is 84.0 Å². The zero-order valence-electron chi connectivity index (χ0n) is 27.4. The van der Waals surface area contributed by atoms with E-state index < -0.39 is 20.1 Å².